The van der Waals surface area contributed by atoms with Gasteiger partial charge in [0.1, 0.15) is 6.10 Å². The molecule has 1 heterocycles. The summed E-state index contributed by atoms with van der Waals surface area (Å²) in [5, 5.41) is 2.96. The highest BCUT2D eigenvalue weighted by atomic mass is 35.5. The maximum absolute atomic E-state index is 12.1. The smallest absolute Gasteiger partial charge is 0.249 e. The highest BCUT2D eigenvalue weighted by Crippen LogP contribution is 2.22. The zero-order chi connectivity index (χ0) is 14.5. The van der Waals surface area contributed by atoms with Gasteiger partial charge in [-0.05, 0) is 43.2 Å². The van der Waals surface area contributed by atoms with Crippen LogP contribution in [0.15, 0.2) is 23.1 Å². The van der Waals surface area contributed by atoms with E-state index >= 15 is 0 Å². The third kappa shape index (κ3) is 4.88. The van der Waals surface area contributed by atoms with Crippen LogP contribution in [0, 0.1) is 6.92 Å². The molecule has 0 aliphatic carbocycles. The number of ether oxygens (including phenoxy) is 1. The molecule has 118 valence electrons. The summed E-state index contributed by atoms with van der Waals surface area (Å²) >= 11 is 1.70. The summed E-state index contributed by atoms with van der Waals surface area (Å²) in [5.41, 5.74) is 7.93. The fourth-order valence-corrected chi connectivity index (χ4v) is 3.07. The van der Waals surface area contributed by atoms with Gasteiger partial charge in [0.2, 0.25) is 5.91 Å². The Morgan fingerprint density at radius 3 is 2.86 bits per heavy atom. The van der Waals surface area contributed by atoms with E-state index in [9.17, 15) is 4.79 Å². The van der Waals surface area contributed by atoms with Gasteiger partial charge in [0, 0.05) is 18.0 Å². The Kier molecular flexibility index (Phi) is 7.52. The molecule has 1 aliphatic heterocycles. The highest BCUT2D eigenvalue weighted by molar-refractivity contribution is 7.98. The summed E-state index contributed by atoms with van der Waals surface area (Å²) in [6, 6.07) is 6.28. The molecule has 0 spiro atoms. The number of halogens is 1. The molecular formula is C15H23ClN2O2S. The van der Waals surface area contributed by atoms with Crippen LogP contribution in [0.3, 0.4) is 0 Å². The minimum absolute atomic E-state index is 0. The minimum atomic E-state index is -0.341. The minimum Gasteiger partial charge on any atom is -0.364 e. The number of nitrogens with two attached hydrogens (primary N) is 1. The first-order valence-corrected chi connectivity index (χ1v) is 8.13. The SMILES string of the molecule is CSc1cc(C)ccc1CNC(=O)[C@@H]1CC[C@H](CN)O1.Cl. The van der Waals surface area contributed by atoms with Crippen molar-refractivity contribution >= 4 is 30.1 Å². The Balaban J connectivity index is 0.00000220. The van der Waals surface area contributed by atoms with E-state index in [-0.39, 0.29) is 30.5 Å². The van der Waals surface area contributed by atoms with Gasteiger partial charge in [-0.3, -0.25) is 4.79 Å². The predicted molar refractivity (Wildman–Crippen MR) is 89.0 cm³/mol. The van der Waals surface area contributed by atoms with E-state index in [0.717, 1.165) is 18.4 Å². The van der Waals surface area contributed by atoms with Gasteiger partial charge < -0.3 is 15.8 Å². The maximum atomic E-state index is 12.1. The summed E-state index contributed by atoms with van der Waals surface area (Å²) in [6.45, 7) is 3.10. The number of benzene rings is 1. The van der Waals surface area contributed by atoms with Crippen LogP contribution in [-0.4, -0.2) is 30.9 Å². The molecule has 21 heavy (non-hydrogen) atoms. The zero-order valence-corrected chi connectivity index (χ0v) is 14.1. The molecule has 0 unspecified atom stereocenters. The lowest BCUT2D eigenvalue weighted by atomic mass is 10.1. The van der Waals surface area contributed by atoms with Crippen LogP contribution in [0.4, 0.5) is 0 Å². The summed E-state index contributed by atoms with van der Waals surface area (Å²) in [5.74, 6) is -0.0337. The number of hydrogen-bond donors (Lipinski definition) is 2. The molecule has 0 bridgehead atoms. The number of rotatable bonds is 5. The Morgan fingerprint density at radius 2 is 2.24 bits per heavy atom. The second kappa shape index (κ2) is 8.63. The van der Waals surface area contributed by atoms with Crippen molar-refractivity contribution in [3.8, 4) is 0 Å². The molecule has 1 fully saturated rings. The molecule has 1 saturated heterocycles. The standard InChI is InChI=1S/C15H22N2O2S.ClH/c1-10-3-4-11(14(7-10)20-2)9-17-15(18)13-6-5-12(8-16)19-13;/h3-4,7,12-13H,5-6,8-9,16H2,1-2H3,(H,17,18);1H/t12-,13+;/m1./s1. The number of carbonyl (C=O) groups excluding carboxylic acids is 1. The number of nitrogens with one attached hydrogen (secondary N) is 1. The van der Waals surface area contributed by atoms with Gasteiger partial charge in [-0.2, -0.15) is 0 Å². The van der Waals surface area contributed by atoms with Crippen LogP contribution < -0.4 is 11.1 Å². The Morgan fingerprint density at radius 1 is 1.48 bits per heavy atom. The lowest BCUT2D eigenvalue weighted by molar-refractivity contribution is -0.132. The van der Waals surface area contributed by atoms with E-state index in [0.29, 0.717) is 13.1 Å². The molecule has 0 radical (unpaired) electrons. The molecule has 4 nitrogen and oxygen atoms in total. The molecule has 1 amide bonds. The lowest BCUT2D eigenvalue weighted by Gasteiger charge is -2.14. The molecule has 0 aromatic heterocycles. The van der Waals surface area contributed by atoms with Gasteiger partial charge in [0.05, 0.1) is 6.10 Å². The van der Waals surface area contributed by atoms with Crippen molar-refractivity contribution in [2.24, 2.45) is 5.73 Å². The zero-order valence-electron chi connectivity index (χ0n) is 12.4. The molecule has 2 atom stereocenters. The topological polar surface area (TPSA) is 64.4 Å². The fourth-order valence-electron chi connectivity index (χ4n) is 2.37. The first-order chi connectivity index (χ1) is 9.63. The lowest BCUT2D eigenvalue weighted by Crippen LogP contribution is -2.35. The van der Waals surface area contributed by atoms with Crippen molar-refractivity contribution in [1.82, 2.24) is 5.32 Å². The summed E-state index contributed by atoms with van der Waals surface area (Å²) in [6.07, 6.45) is 3.37. The molecule has 1 aromatic rings. The van der Waals surface area contributed by atoms with E-state index in [1.807, 2.05) is 6.26 Å². The number of thioether (sulfide) groups is 1. The normalized spacial score (nSPS) is 20.9. The van der Waals surface area contributed by atoms with Gasteiger partial charge in [0.15, 0.2) is 0 Å². The van der Waals surface area contributed by atoms with Crippen LogP contribution in [0.5, 0.6) is 0 Å². The molecule has 1 aliphatic rings. The predicted octanol–water partition coefficient (Wildman–Crippen LogP) is 2.26. The third-order valence-corrected chi connectivity index (χ3v) is 4.38. The molecule has 1 aromatic carbocycles. The second-order valence-electron chi connectivity index (χ2n) is 5.09. The number of hydrogen-bond acceptors (Lipinski definition) is 4. The van der Waals surface area contributed by atoms with Crippen LogP contribution >= 0.6 is 24.2 Å². The second-order valence-corrected chi connectivity index (χ2v) is 5.94. The number of aryl methyl sites for hydroxylation is 1. The van der Waals surface area contributed by atoms with Crippen molar-refractivity contribution in [3.63, 3.8) is 0 Å². The molecule has 6 heteroatoms. The van der Waals surface area contributed by atoms with Crippen molar-refractivity contribution in [2.75, 3.05) is 12.8 Å². The van der Waals surface area contributed by atoms with Crippen molar-refractivity contribution in [3.05, 3.63) is 29.3 Å². The Hall–Kier alpha value is -0.750. The van der Waals surface area contributed by atoms with Gasteiger partial charge in [-0.1, -0.05) is 12.1 Å². The third-order valence-electron chi connectivity index (χ3n) is 3.56. The average molecular weight is 331 g/mol. The van der Waals surface area contributed by atoms with Gasteiger partial charge in [-0.25, -0.2) is 0 Å². The van der Waals surface area contributed by atoms with E-state index in [1.165, 1.54) is 10.5 Å². The summed E-state index contributed by atoms with van der Waals surface area (Å²) in [4.78, 5) is 13.3. The monoisotopic (exact) mass is 330 g/mol. The van der Waals surface area contributed by atoms with E-state index in [4.69, 9.17) is 10.5 Å². The van der Waals surface area contributed by atoms with Crippen molar-refractivity contribution in [1.29, 1.82) is 0 Å². The average Bonchev–Trinajstić information content (AvgIpc) is 2.94. The van der Waals surface area contributed by atoms with Crippen LogP contribution in [0.25, 0.3) is 0 Å². The van der Waals surface area contributed by atoms with Gasteiger partial charge in [-0.15, -0.1) is 24.2 Å². The maximum Gasteiger partial charge on any atom is 0.249 e. The summed E-state index contributed by atoms with van der Waals surface area (Å²) < 4.78 is 5.59. The molecule has 2 rings (SSSR count). The Labute approximate surface area is 136 Å². The van der Waals surface area contributed by atoms with Crippen LogP contribution in [0.2, 0.25) is 0 Å². The van der Waals surface area contributed by atoms with E-state index < -0.39 is 0 Å². The Bertz CT molecular complexity index is 485. The number of amides is 1. The van der Waals surface area contributed by atoms with Crippen molar-refractivity contribution < 1.29 is 9.53 Å². The molecule has 3 N–H and O–H groups in total. The van der Waals surface area contributed by atoms with E-state index in [1.54, 1.807) is 11.8 Å². The molecule has 0 saturated carbocycles. The molecular weight excluding hydrogens is 308 g/mol. The number of carbonyl (C=O) groups is 1. The van der Waals surface area contributed by atoms with Crippen LogP contribution in [0.1, 0.15) is 24.0 Å². The van der Waals surface area contributed by atoms with Gasteiger partial charge in [0.25, 0.3) is 0 Å². The van der Waals surface area contributed by atoms with E-state index in [2.05, 4.69) is 30.4 Å². The van der Waals surface area contributed by atoms with Gasteiger partial charge >= 0.3 is 0 Å². The summed E-state index contributed by atoms with van der Waals surface area (Å²) in [7, 11) is 0. The fraction of sp³-hybridized carbons (Fsp3) is 0.533. The first-order valence-electron chi connectivity index (χ1n) is 6.90. The largest absolute Gasteiger partial charge is 0.364 e. The van der Waals surface area contributed by atoms with Crippen LogP contribution in [-0.2, 0) is 16.1 Å². The highest BCUT2D eigenvalue weighted by Gasteiger charge is 2.29. The first kappa shape index (κ1) is 18.3. The van der Waals surface area contributed by atoms with Crippen molar-refractivity contribution in [2.45, 2.75) is 43.4 Å². The quantitative estimate of drug-likeness (QED) is 0.813.